The van der Waals surface area contributed by atoms with Crippen molar-refractivity contribution in [1.82, 2.24) is 10.1 Å². The van der Waals surface area contributed by atoms with E-state index in [1.807, 2.05) is 44.7 Å². The molecule has 0 unspecified atom stereocenters. The third-order valence-electron chi connectivity index (χ3n) is 5.78. The van der Waals surface area contributed by atoms with Crippen molar-refractivity contribution in [2.75, 3.05) is 20.2 Å². The maximum atomic E-state index is 13.2. The molecule has 1 fully saturated rings. The number of aryl methyl sites for hydroxylation is 2. The van der Waals surface area contributed by atoms with Gasteiger partial charge < -0.3 is 14.2 Å². The molecule has 1 aliphatic heterocycles. The Morgan fingerprint density at radius 2 is 1.85 bits per heavy atom. The Bertz CT molecular complexity index is 765. The van der Waals surface area contributed by atoms with E-state index in [4.69, 9.17) is 9.26 Å². The van der Waals surface area contributed by atoms with Crippen molar-refractivity contribution >= 4 is 5.91 Å². The molecule has 27 heavy (non-hydrogen) atoms. The second-order valence-electron chi connectivity index (χ2n) is 8.11. The Balaban J connectivity index is 1.60. The summed E-state index contributed by atoms with van der Waals surface area (Å²) in [6.45, 7) is 9.36. The fourth-order valence-corrected chi connectivity index (χ4v) is 4.31. The summed E-state index contributed by atoms with van der Waals surface area (Å²) in [6.07, 6.45) is 3.13. The lowest BCUT2D eigenvalue weighted by atomic mass is 9.81. The van der Waals surface area contributed by atoms with Gasteiger partial charge in [-0.15, -0.1) is 0 Å². The second kappa shape index (κ2) is 7.75. The molecule has 3 rings (SSSR count). The maximum absolute atomic E-state index is 13.2. The van der Waals surface area contributed by atoms with Crippen LogP contribution in [0.2, 0.25) is 0 Å². The zero-order valence-electron chi connectivity index (χ0n) is 17.0. The first-order valence-electron chi connectivity index (χ1n) is 9.68. The number of carbonyl (C=O) groups is 1. The minimum Gasteiger partial charge on any atom is -0.497 e. The van der Waals surface area contributed by atoms with Gasteiger partial charge in [0.2, 0.25) is 5.91 Å². The van der Waals surface area contributed by atoms with Gasteiger partial charge in [-0.2, -0.15) is 0 Å². The van der Waals surface area contributed by atoms with Crippen LogP contribution in [0, 0.1) is 19.8 Å². The summed E-state index contributed by atoms with van der Waals surface area (Å²) in [5.41, 5.74) is 2.45. The van der Waals surface area contributed by atoms with E-state index in [0.717, 1.165) is 55.1 Å². The van der Waals surface area contributed by atoms with Crippen molar-refractivity contribution in [3.8, 4) is 5.75 Å². The lowest BCUT2D eigenvalue weighted by Gasteiger charge is -2.37. The molecule has 1 aliphatic rings. The zero-order valence-corrected chi connectivity index (χ0v) is 17.0. The van der Waals surface area contributed by atoms with Crippen LogP contribution in [0.15, 0.2) is 28.8 Å². The van der Waals surface area contributed by atoms with Gasteiger partial charge in [-0.3, -0.25) is 4.79 Å². The average molecular weight is 370 g/mol. The number of benzene rings is 1. The van der Waals surface area contributed by atoms with Crippen molar-refractivity contribution in [1.29, 1.82) is 0 Å². The van der Waals surface area contributed by atoms with E-state index in [1.165, 1.54) is 5.56 Å². The van der Waals surface area contributed by atoms with Gasteiger partial charge in [0, 0.05) is 18.7 Å². The van der Waals surface area contributed by atoms with Crippen LogP contribution in [0.4, 0.5) is 0 Å². The molecular weight excluding hydrogens is 340 g/mol. The molecule has 5 heteroatoms. The van der Waals surface area contributed by atoms with E-state index in [1.54, 1.807) is 7.11 Å². The number of carbonyl (C=O) groups excluding carboxylic acids is 1. The molecule has 1 saturated heterocycles. The minimum absolute atomic E-state index is 0.166. The van der Waals surface area contributed by atoms with Crippen molar-refractivity contribution in [3.63, 3.8) is 0 Å². The molecule has 146 valence electrons. The number of piperidine rings is 1. The van der Waals surface area contributed by atoms with Crippen molar-refractivity contribution in [2.45, 2.75) is 52.4 Å². The summed E-state index contributed by atoms with van der Waals surface area (Å²) in [5, 5.41) is 4.03. The number of rotatable bonds is 5. The van der Waals surface area contributed by atoms with Crippen LogP contribution in [0.25, 0.3) is 0 Å². The molecule has 0 atom stereocenters. The largest absolute Gasteiger partial charge is 0.497 e. The number of hydrogen-bond donors (Lipinski definition) is 0. The highest BCUT2D eigenvalue weighted by molar-refractivity contribution is 5.88. The molecule has 1 amide bonds. The van der Waals surface area contributed by atoms with Crippen molar-refractivity contribution < 1.29 is 14.1 Å². The normalized spacial score (nSPS) is 15.8. The third kappa shape index (κ3) is 4.02. The number of methoxy groups -OCH3 is 1. The Morgan fingerprint density at radius 3 is 2.37 bits per heavy atom. The highest BCUT2D eigenvalue weighted by Gasteiger charge is 2.39. The van der Waals surface area contributed by atoms with Crippen LogP contribution >= 0.6 is 0 Å². The Labute approximate surface area is 161 Å². The molecule has 1 aromatic carbocycles. The fraction of sp³-hybridized carbons (Fsp3) is 0.545. The van der Waals surface area contributed by atoms with Crippen molar-refractivity contribution in [2.24, 2.45) is 5.92 Å². The molecule has 2 aromatic rings. The SMILES string of the molecule is COc1ccc(CC2CCN(C(=O)C(C)(C)c3c(C)noc3C)CC2)cc1. The first-order chi connectivity index (χ1) is 12.8. The molecule has 0 aliphatic carbocycles. The van der Waals surface area contributed by atoms with Gasteiger partial charge in [-0.1, -0.05) is 17.3 Å². The summed E-state index contributed by atoms with van der Waals surface area (Å²) in [7, 11) is 1.69. The van der Waals surface area contributed by atoms with Crippen LogP contribution in [0.1, 0.15) is 49.3 Å². The highest BCUT2D eigenvalue weighted by atomic mass is 16.5. The topological polar surface area (TPSA) is 55.6 Å². The maximum Gasteiger partial charge on any atom is 0.232 e. The second-order valence-corrected chi connectivity index (χ2v) is 8.11. The zero-order chi connectivity index (χ0) is 19.6. The molecule has 5 nitrogen and oxygen atoms in total. The highest BCUT2D eigenvalue weighted by Crippen LogP contribution is 2.33. The van der Waals surface area contributed by atoms with Gasteiger partial charge in [0.25, 0.3) is 0 Å². The summed E-state index contributed by atoms with van der Waals surface area (Å²) < 4.78 is 10.5. The van der Waals surface area contributed by atoms with E-state index in [2.05, 4.69) is 17.3 Å². The smallest absolute Gasteiger partial charge is 0.232 e. The summed E-state index contributed by atoms with van der Waals surface area (Å²) in [6, 6.07) is 8.30. The van der Waals surface area contributed by atoms with E-state index in [-0.39, 0.29) is 5.91 Å². The molecule has 0 saturated carbocycles. The Kier molecular flexibility index (Phi) is 5.59. The van der Waals surface area contributed by atoms with E-state index in [0.29, 0.717) is 5.92 Å². The first kappa shape index (κ1) is 19.5. The fourth-order valence-electron chi connectivity index (χ4n) is 4.31. The lowest BCUT2D eigenvalue weighted by Crippen LogP contribution is -2.47. The van der Waals surface area contributed by atoms with Gasteiger partial charge >= 0.3 is 0 Å². The number of amides is 1. The molecule has 0 bridgehead atoms. The molecule has 0 spiro atoms. The minimum atomic E-state index is -0.614. The van der Waals surface area contributed by atoms with E-state index in [9.17, 15) is 4.79 Å². The van der Waals surface area contributed by atoms with Crippen LogP contribution in [-0.2, 0) is 16.6 Å². The lowest BCUT2D eigenvalue weighted by molar-refractivity contribution is -0.137. The predicted molar refractivity (Wildman–Crippen MR) is 105 cm³/mol. The number of ether oxygens (including phenoxy) is 1. The third-order valence-corrected chi connectivity index (χ3v) is 5.78. The first-order valence-corrected chi connectivity index (χ1v) is 9.68. The molecular formula is C22H30N2O3. The molecule has 0 radical (unpaired) electrons. The molecule has 1 aromatic heterocycles. The standard InChI is InChI=1S/C22H30N2O3/c1-15-20(16(2)27-23-15)22(3,4)21(25)24-12-10-18(11-13-24)14-17-6-8-19(26-5)9-7-17/h6-9,18H,10-14H2,1-5H3. The van der Waals surface area contributed by atoms with Gasteiger partial charge in [-0.25, -0.2) is 0 Å². The Hall–Kier alpha value is -2.30. The molecule has 0 N–H and O–H groups in total. The number of likely N-dealkylation sites (tertiary alicyclic amines) is 1. The quantitative estimate of drug-likeness (QED) is 0.796. The Morgan fingerprint density at radius 1 is 1.22 bits per heavy atom. The molecule has 2 heterocycles. The van der Waals surface area contributed by atoms with Gasteiger partial charge in [0.15, 0.2) is 0 Å². The van der Waals surface area contributed by atoms with Gasteiger partial charge in [0.1, 0.15) is 11.5 Å². The monoisotopic (exact) mass is 370 g/mol. The van der Waals surface area contributed by atoms with E-state index < -0.39 is 5.41 Å². The average Bonchev–Trinajstić information content (AvgIpc) is 3.01. The van der Waals surface area contributed by atoms with Gasteiger partial charge in [0.05, 0.1) is 18.2 Å². The van der Waals surface area contributed by atoms with Gasteiger partial charge in [-0.05, 0) is 70.6 Å². The number of nitrogens with zero attached hydrogens (tertiary/aromatic N) is 2. The summed E-state index contributed by atoms with van der Waals surface area (Å²) >= 11 is 0. The number of aromatic nitrogens is 1. The van der Waals surface area contributed by atoms with Crippen LogP contribution in [0.5, 0.6) is 5.75 Å². The number of hydrogen-bond acceptors (Lipinski definition) is 4. The van der Waals surface area contributed by atoms with E-state index >= 15 is 0 Å². The summed E-state index contributed by atoms with van der Waals surface area (Å²) in [4.78, 5) is 15.2. The van der Waals surface area contributed by atoms with Crippen LogP contribution in [-0.4, -0.2) is 36.2 Å². The predicted octanol–water partition coefficient (Wildman–Crippen LogP) is 4.06. The van der Waals surface area contributed by atoms with Crippen molar-refractivity contribution in [3.05, 3.63) is 46.8 Å². The summed E-state index contributed by atoms with van der Waals surface area (Å²) in [5.74, 6) is 2.41. The van der Waals surface area contributed by atoms with Crippen LogP contribution in [0.3, 0.4) is 0 Å². The van der Waals surface area contributed by atoms with Crippen LogP contribution < -0.4 is 4.74 Å².